The first-order chi connectivity index (χ1) is 21.0. The second-order valence-corrected chi connectivity index (χ2v) is 8.18. The summed E-state index contributed by atoms with van der Waals surface area (Å²) in [6.45, 7) is 6.22. The summed E-state index contributed by atoms with van der Waals surface area (Å²) in [5.74, 6) is -15.5. The maximum atomic E-state index is 14.7. The van der Waals surface area contributed by atoms with Gasteiger partial charge in [-0.25, -0.2) is 19.2 Å². The molecule has 0 spiro atoms. The summed E-state index contributed by atoms with van der Waals surface area (Å²) in [6, 6.07) is 9.67. The lowest BCUT2D eigenvalue weighted by Crippen LogP contribution is -2.16. The largest absolute Gasteiger partial charge is 0.490 e. The van der Waals surface area contributed by atoms with Crippen LogP contribution in [-0.4, -0.2) is 50.3 Å². The van der Waals surface area contributed by atoms with Crippen LogP contribution in [0.25, 0.3) is 0 Å². The summed E-state index contributed by atoms with van der Waals surface area (Å²) in [6.07, 6.45) is 1.94. The molecule has 230 valence electrons. The van der Waals surface area contributed by atoms with Crippen molar-refractivity contribution in [1.29, 1.82) is 0 Å². The maximum absolute atomic E-state index is 14.7. The zero-order valence-corrected chi connectivity index (χ0v) is 22.6. The summed E-state index contributed by atoms with van der Waals surface area (Å²) >= 11 is 0. The number of benzene rings is 3. The van der Waals surface area contributed by atoms with Gasteiger partial charge in [0.2, 0.25) is 34.8 Å². The number of carbonyl (C=O) groups is 4. The minimum Gasteiger partial charge on any atom is -0.490 e. The Labute approximate surface area is 247 Å². The molecule has 0 aliphatic heterocycles. The number of carbonyl (C=O) groups excluding carboxylic acids is 4. The molecule has 44 heavy (non-hydrogen) atoms. The van der Waals surface area contributed by atoms with Crippen molar-refractivity contribution in [2.24, 2.45) is 0 Å². The van der Waals surface area contributed by atoms with Gasteiger partial charge in [0.25, 0.3) is 0 Å². The first kappa shape index (κ1) is 32.8. The molecule has 0 aliphatic rings. The standard InChI is InChI=1S/C30H22F4O10/c1-3-21(35)41-15-13-39-19-9-5-17(6-10-19)29(37)43-27-23(31)25(33)28(26(34)24(27)32)44-30(38)18-7-11-20(12-8-18)40-14-16-42-22(36)4-2/h3-12H,1-2,13-16H2. The van der Waals surface area contributed by atoms with Crippen LogP contribution in [0, 0.1) is 23.3 Å². The predicted molar refractivity (Wildman–Crippen MR) is 142 cm³/mol. The van der Waals surface area contributed by atoms with Gasteiger partial charge in [0.15, 0.2) is 0 Å². The van der Waals surface area contributed by atoms with E-state index in [0.29, 0.717) is 0 Å². The van der Waals surface area contributed by atoms with Crippen LogP contribution < -0.4 is 18.9 Å². The molecule has 0 amide bonds. The lowest BCUT2D eigenvalue weighted by molar-refractivity contribution is -0.139. The zero-order chi connectivity index (χ0) is 32.2. The smallest absolute Gasteiger partial charge is 0.343 e. The van der Waals surface area contributed by atoms with Crippen LogP contribution in [0.15, 0.2) is 73.8 Å². The van der Waals surface area contributed by atoms with Gasteiger partial charge in [0, 0.05) is 12.2 Å². The number of hydrogen-bond donors (Lipinski definition) is 0. The molecule has 14 heteroatoms. The van der Waals surface area contributed by atoms with Crippen molar-refractivity contribution in [3.05, 3.63) is 108 Å². The molecule has 0 saturated heterocycles. The number of esters is 4. The average Bonchev–Trinajstić information content (AvgIpc) is 3.04. The van der Waals surface area contributed by atoms with Gasteiger partial charge < -0.3 is 28.4 Å². The fourth-order valence-corrected chi connectivity index (χ4v) is 3.17. The Morgan fingerprint density at radius 2 is 0.864 bits per heavy atom. The van der Waals surface area contributed by atoms with Gasteiger partial charge in [-0.05, 0) is 48.5 Å². The predicted octanol–water partition coefficient (Wildman–Crippen LogP) is 4.90. The number of hydrogen-bond acceptors (Lipinski definition) is 10. The lowest BCUT2D eigenvalue weighted by Gasteiger charge is -2.13. The molecular weight excluding hydrogens is 596 g/mol. The second-order valence-electron chi connectivity index (χ2n) is 8.18. The molecule has 0 atom stereocenters. The Morgan fingerprint density at radius 1 is 0.545 bits per heavy atom. The van der Waals surface area contributed by atoms with Gasteiger partial charge in [0.1, 0.15) is 37.9 Å². The van der Waals surface area contributed by atoms with Crippen LogP contribution in [0.2, 0.25) is 0 Å². The van der Waals surface area contributed by atoms with E-state index >= 15 is 0 Å². The molecule has 0 aliphatic carbocycles. The van der Waals surface area contributed by atoms with Crippen molar-refractivity contribution in [3.8, 4) is 23.0 Å². The van der Waals surface area contributed by atoms with E-state index in [4.69, 9.17) is 18.9 Å². The van der Waals surface area contributed by atoms with Crippen LogP contribution in [0.1, 0.15) is 20.7 Å². The fourth-order valence-electron chi connectivity index (χ4n) is 3.17. The molecule has 3 aromatic carbocycles. The summed E-state index contributed by atoms with van der Waals surface area (Å²) in [5, 5.41) is 0. The highest BCUT2D eigenvalue weighted by atomic mass is 19.2. The first-order valence-electron chi connectivity index (χ1n) is 12.4. The third-order valence-electron chi connectivity index (χ3n) is 5.28. The van der Waals surface area contributed by atoms with Gasteiger partial charge >= 0.3 is 23.9 Å². The van der Waals surface area contributed by atoms with Crippen LogP contribution in [0.3, 0.4) is 0 Å². The molecule has 0 saturated carbocycles. The van der Waals surface area contributed by atoms with Gasteiger partial charge in [-0.15, -0.1) is 0 Å². The summed E-state index contributed by atoms with van der Waals surface area (Å²) in [5.41, 5.74) is -0.536. The molecule has 0 bridgehead atoms. The van der Waals surface area contributed by atoms with E-state index in [1.54, 1.807) is 0 Å². The van der Waals surface area contributed by atoms with Gasteiger partial charge in [-0.1, -0.05) is 13.2 Å². The Hall–Kier alpha value is -5.66. The number of halogens is 4. The quantitative estimate of drug-likeness (QED) is 0.0616. The van der Waals surface area contributed by atoms with E-state index < -0.39 is 58.6 Å². The SMILES string of the molecule is C=CC(=O)OCCOc1ccc(C(=O)Oc2c(F)c(F)c(OC(=O)c3ccc(OCCOC(=O)C=C)cc3)c(F)c2F)cc1. The molecule has 0 aromatic heterocycles. The highest BCUT2D eigenvalue weighted by molar-refractivity contribution is 5.92. The Kier molecular flexibility index (Phi) is 11.6. The highest BCUT2D eigenvalue weighted by Crippen LogP contribution is 2.35. The van der Waals surface area contributed by atoms with Gasteiger partial charge in [0.05, 0.1) is 11.1 Å². The average molecular weight is 618 g/mol. The molecule has 0 heterocycles. The van der Waals surface area contributed by atoms with Crippen LogP contribution in [0.5, 0.6) is 23.0 Å². The van der Waals surface area contributed by atoms with Crippen molar-refractivity contribution in [2.75, 3.05) is 26.4 Å². The van der Waals surface area contributed by atoms with Crippen molar-refractivity contribution < 1.29 is 65.2 Å². The minimum atomic E-state index is -2.13. The zero-order valence-electron chi connectivity index (χ0n) is 22.6. The number of rotatable bonds is 14. The van der Waals surface area contributed by atoms with Crippen molar-refractivity contribution in [1.82, 2.24) is 0 Å². The van der Waals surface area contributed by atoms with E-state index in [1.165, 1.54) is 24.3 Å². The van der Waals surface area contributed by atoms with Crippen LogP contribution in [-0.2, 0) is 19.1 Å². The second kappa shape index (κ2) is 15.5. The lowest BCUT2D eigenvalue weighted by atomic mass is 10.2. The molecule has 3 rings (SSSR count). The number of ether oxygens (including phenoxy) is 6. The topological polar surface area (TPSA) is 124 Å². The van der Waals surface area contributed by atoms with E-state index in [2.05, 4.69) is 22.6 Å². The van der Waals surface area contributed by atoms with E-state index in [0.717, 1.165) is 36.4 Å². The Bertz CT molecular complexity index is 1410. The van der Waals surface area contributed by atoms with E-state index in [1.807, 2.05) is 0 Å². The molecule has 0 radical (unpaired) electrons. The monoisotopic (exact) mass is 618 g/mol. The van der Waals surface area contributed by atoms with Gasteiger partial charge in [-0.2, -0.15) is 17.6 Å². The highest BCUT2D eigenvalue weighted by Gasteiger charge is 2.31. The van der Waals surface area contributed by atoms with E-state index in [-0.39, 0.29) is 49.1 Å². The van der Waals surface area contributed by atoms with Crippen LogP contribution in [0.4, 0.5) is 17.6 Å². The molecular formula is C30H22F4O10. The molecule has 10 nitrogen and oxygen atoms in total. The Balaban J connectivity index is 1.64. The fraction of sp³-hybridized carbons (Fsp3) is 0.133. The maximum Gasteiger partial charge on any atom is 0.343 e. The summed E-state index contributed by atoms with van der Waals surface area (Å²) in [4.78, 5) is 46.8. The molecule has 0 fully saturated rings. The normalized spacial score (nSPS) is 10.3. The van der Waals surface area contributed by atoms with Gasteiger partial charge in [-0.3, -0.25) is 0 Å². The minimum absolute atomic E-state index is 0.0361. The van der Waals surface area contributed by atoms with Crippen LogP contribution >= 0.6 is 0 Å². The molecule has 0 unspecified atom stereocenters. The van der Waals surface area contributed by atoms with Crippen molar-refractivity contribution in [3.63, 3.8) is 0 Å². The first-order valence-corrected chi connectivity index (χ1v) is 12.4. The third kappa shape index (κ3) is 8.67. The summed E-state index contributed by atoms with van der Waals surface area (Å²) < 4.78 is 87.8. The van der Waals surface area contributed by atoms with Crippen molar-refractivity contribution in [2.45, 2.75) is 0 Å². The summed E-state index contributed by atoms with van der Waals surface area (Å²) in [7, 11) is 0. The third-order valence-corrected chi connectivity index (χ3v) is 5.28. The van der Waals surface area contributed by atoms with Crippen molar-refractivity contribution >= 4 is 23.9 Å². The Morgan fingerprint density at radius 3 is 1.16 bits per heavy atom. The van der Waals surface area contributed by atoms with E-state index in [9.17, 15) is 36.7 Å². The molecule has 3 aromatic rings. The molecule has 0 N–H and O–H groups in total.